The maximum Gasteiger partial charge on any atom is 0.308 e. The Morgan fingerprint density at radius 1 is 1.00 bits per heavy atom. The summed E-state index contributed by atoms with van der Waals surface area (Å²) < 4.78 is 10.7. The highest BCUT2D eigenvalue weighted by Gasteiger charge is 2.43. The Kier molecular flexibility index (Phi) is 3.79. The normalized spacial score (nSPS) is 20.4. The molecular weight excluding hydrogens is 252 g/mol. The number of hydrogen-bond donors (Lipinski definition) is 0. The third-order valence-corrected chi connectivity index (χ3v) is 3.29. The van der Waals surface area contributed by atoms with Gasteiger partial charge in [-0.3, -0.25) is 4.79 Å². The second-order valence-corrected chi connectivity index (χ2v) is 4.81. The summed E-state index contributed by atoms with van der Waals surface area (Å²) in [6.45, 7) is 0. The first-order valence-electron chi connectivity index (χ1n) is 6.77. The van der Waals surface area contributed by atoms with E-state index in [4.69, 9.17) is 9.47 Å². The van der Waals surface area contributed by atoms with E-state index in [1.165, 1.54) is 0 Å². The van der Waals surface area contributed by atoms with Crippen molar-refractivity contribution in [3.63, 3.8) is 0 Å². The van der Waals surface area contributed by atoms with Gasteiger partial charge in [0.25, 0.3) is 0 Å². The number of aryl methyl sites for hydroxylation is 1. The van der Waals surface area contributed by atoms with E-state index in [1.54, 1.807) is 0 Å². The molecule has 20 heavy (non-hydrogen) atoms. The summed E-state index contributed by atoms with van der Waals surface area (Å²) in [6, 6.07) is 19.7. The van der Waals surface area contributed by atoms with Gasteiger partial charge >= 0.3 is 5.97 Å². The number of carbonyl (C=O) groups is 1. The quantitative estimate of drug-likeness (QED) is 0.617. The Hall–Kier alpha value is -2.13. The first-order valence-corrected chi connectivity index (χ1v) is 6.77. The van der Waals surface area contributed by atoms with Crippen LogP contribution in [0.1, 0.15) is 23.7 Å². The molecule has 0 spiro atoms. The highest BCUT2D eigenvalue weighted by molar-refractivity contribution is 5.70. The molecule has 1 heterocycles. The van der Waals surface area contributed by atoms with Gasteiger partial charge in [0.05, 0.1) is 0 Å². The van der Waals surface area contributed by atoms with Gasteiger partial charge in [-0.15, -0.1) is 0 Å². The van der Waals surface area contributed by atoms with Crippen LogP contribution in [0, 0.1) is 0 Å². The zero-order valence-corrected chi connectivity index (χ0v) is 11.1. The van der Waals surface area contributed by atoms with Crippen LogP contribution in [0.2, 0.25) is 0 Å². The number of carbonyl (C=O) groups excluding carboxylic acids is 1. The fraction of sp³-hybridized carbons (Fsp3) is 0.235. The standard InChI is InChI=1S/C17H16O3/c18-15(12-11-13-7-3-1-4-8-13)19-17-16(20-17)14-9-5-2-6-10-14/h1-10,16-17H,11-12H2/t16-,17-/m1/s1. The van der Waals surface area contributed by atoms with Crippen molar-refractivity contribution in [2.24, 2.45) is 0 Å². The van der Waals surface area contributed by atoms with E-state index in [0.717, 1.165) is 11.1 Å². The molecule has 0 unspecified atom stereocenters. The lowest BCUT2D eigenvalue weighted by Crippen LogP contribution is -2.08. The second-order valence-electron chi connectivity index (χ2n) is 4.81. The summed E-state index contributed by atoms with van der Waals surface area (Å²) in [5.74, 6) is -0.211. The molecule has 0 aliphatic carbocycles. The monoisotopic (exact) mass is 268 g/mol. The molecule has 3 rings (SSSR count). The summed E-state index contributed by atoms with van der Waals surface area (Å²) in [5.41, 5.74) is 2.19. The minimum atomic E-state index is -0.416. The molecule has 0 amide bonds. The minimum absolute atomic E-state index is 0.100. The molecule has 0 saturated carbocycles. The zero-order valence-electron chi connectivity index (χ0n) is 11.1. The highest BCUT2D eigenvalue weighted by Crippen LogP contribution is 2.39. The average Bonchev–Trinajstić information content (AvgIpc) is 3.26. The van der Waals surface area contributed by atoms with Crippen LogP contribution in [-0.4, -0.2) is 12.3 Å². The molecule has 102 valence electrons. The summed E-state index contributed by atoms with van der Waals surface area (Å²) in [7, 11) is 0. The zero-order chi connectivity index (χ0) is 13.8. The maximum atomic E-state index is 11.7. The minimum Gasteiger partial charge on any atom is -0.432 e. The van der Waals surface area contributed by atoms with Crippen LogP contribution in [0.25, 0.3) is 0 Å². The third kappa shape index (κ3) is 3.25. The molecule has 1 fully saturated rings. The predicted octanol–water partition coefficient (Wildman–Crippen LogP) is 3.26. The number of benzene rings is 2. The van der Waals surface area contributed by atoms with E-state index >= 15 is 0 Å². The summed E-state index contributed by atoms with van der Waals surface area (Å²) >= 11 is 0. The number of ether oxygens (including phenoxy) is 2. The molecular formula is C17H16O3. The molecule has 2 aromatic carbocycles. The Bertz CT molecular complexity index is 565. The Morgan fingerprint density at radius 2 is 1.65 bits per heavy atom. The van der Waals surface area contributed by atoms with Crippen molar-refractivity contribution >= 4 is 5.97 Å². The van der Waals surface area contributed by atoms with Crippen molar-refractivity contribution in [2.75, 3.05) is 0 Å². The molecule has 0 aromatic heterocycles. The maximum absolute atomic E-state index is 11.7. The molecule has 0 bridgehead atoms. The van der Waals surface area contributed by atoms with E-state index in [2.05, 4.69) is 0 Å². The summed E-state index contributed by atoms with van der Waals surface area (Å²) in [4.78, 5) is 11.7. The Balaban J connectivity index is 1.45. The van der Waals surface area contributed by atoms with Crippen LogP contribution >= 0.6 is 0 Å². The van der Waals surface area contributed by atoms with Crippen LogP contribution in [0.3, 0.4) is 0 Å². The third-order valence-electron chi connectivity index (χ3n) is 3.29. The van der Waals surface area contributed by atoms with Crippen LogP contribution in [0.4, 0.5) is 0 Å². The fourth-order valence-corrected chi connectivity index (χ4v) is 2.15. The summed E-state index contributed by atoms with van der Waals surface area (Å²) in [5, 5.41) is 0. The SMILES string of the molecule is O=C(CCc1ccccc1)O[C@@H]1O[C@@H]1c1ccccc1. The number of hydrogen-bond acceptors (Lipinski definition) is 3. The van der Waals surface area contributed by atoms with E-state index in [0.29, 0.717) is 12.8 Å². The van der Waals surface area contributed by atoms with Gasteiger partial charge in [-0.05, 0) is 17.5 Å². The Morgan fingerprint density at radius 3 is 2.35 bits per heavy atom. The van der Waals surface area contributed by atoms with Crippen LogP contribution in [0.5, 0.6) is 0 Å². The average molecular weight is 268 g/mol. The van der Waals surface area contributed by atoms with Crippen molar-refractivity contribution in [1.29, 1.82) is 0 Å². The Labute approximate surface area is 118 Å². The van der Waals surface area contributed by atoms with Gasteiger partial charge < -0.3 is 9.47 Å². The molecule has 1 aliphatic heterocycles. The second kappa shape index (κ2) is 5.88. The van der Waals surface area contributed by atoms with Gasteiger partial charge in [-0.2, -0.15) is 0 Å². The van der Waals surface area contributed by atoms with E-state index in [9.17, 15) is 4.79 Å². The fourth-order valence-electron chi connectivity index (χ4n) is 2.15. The van der Waals surface area contributed by atoms with Gasteiger partial charge in [-0.1, -0.05) is 60.7 Å². The molecule has 2 aromatic rings. The van der Waals surface area contributed by atoms with Crippen LogP contribution in [-0.2, 0) is 20.7 Å². The first-order chi connectivity index (χ1) is 9.83. The lowest BCUT2D eigenvalue weighted by Gasteiger charge is -2.02. The van der Waals surface area contributed by atoms with Crippen molar-refractivity contribution in [1.82, 2.24) is 0 Å². The predicted molar refractivity (Wildman–Crippen MR) is 74.9 cm³/mol. The molecule has 1 aliphatic rings. The van der Waals surface area contributed by atoms with Crippen molar-refractivity contribution in [3.05, 3.63) is 71.8 Å². The van der Waals surface area contributed by atoms with Gasteiger partial charge in [0, 0.05) is 6.42 Å². The lowest BCUT2D eigenvalue weighted by atomic mass is 10.1. The van der Waals surface area contributed by atoms with E-state index < -0.39 is 6.29 Å². The molecule has 3 nitrogen and oxygen atoms in total. The molecule has 3 heteroatoms. The van der Waals surface area contributed by atoms with Crippen LogP contribution < -0.4 is 0 Å². The highest BCUT2D eigenvalue weighted by atomic mass is 16.8. The van der Waals surface area contributed by atoms with Gasteiger partial charge in [0.15, 0.2) is 0 Å². The number of rotatable bonds is 5. The van der Waals surface area contributed by atoms with Gasteiger partial charge in [0.1, 0.15) is 6.10 Å². The van der Waals surface area contributed by atoms with E-state index in [-0.39, 0.29) is 12.1 Å². The lowest BCUT2D eigenvalue weighted by molar-refractivity contribution is -0.148. The largest absolute Gasteiger partial charge is 0.432 e. The smallest absolute Gasteiger partial charge is 0.308 e. The number of esters is 1. The topological polar surface area (TPSA) is 38.8 Å². The number of epoxide rings is 1. The first kappa shape index (κ1) is 12.9. The molecule has 0 N–H and O–H groups in total. The van der Waals surface area contributed by atoms with Gasteiger partial charge in [-0.25, -0.2) is 0 Å². The molecule has 1 saturated heterocycles. The molecule has 2 atom stereocenters. The summed E-state index contributed by atoms with van der Waals surface area (Å²) in [6.07, 6.45) is 0.561. The van der Waals surface area contributed by atoms with Crippen molar-refractivity contribution in [2.45, 2.75) is 25.2 Å². The van der Waals surface area contributed by atoms with Crippen LogP contribution in [0.15, 0.2) is 60.7 Å². The van der Waals surface area contributed by atoms with Crippen molar-refractivity contribution < 1.29 is 14.3 Å². The van der Waals surface area contributed by atoms with Crippen molar-refractivity contribution in [3.8, 4) is 0 Å². The molecule has 0 radical (unpaired) electrons. The van der Waals surface area contributed by atoms with E-state index in [1.807, 2.05) is 60.7 Å². The van der Waals surface area contributed by atoms with Gasteiger partial charge in [0.2, 0.25) is 6.29 Å².